The van der Waals surface area contributed by atoms with E-state index in [1.807, 2.05) is 11.8 Å². The van der Waals surface area contributed by atoms with E-state index in [9.17, 15) is 4.79 Å². The Labute approximate surface area is 109 Å². The SMILES string of the molecule is CCSC1CCCC1Nc1nc(C(=O)O)cs1. The lowest BCUT2D eigenvalue weighted by Gasteiger charge is -2.19. The Morgan fingerprint density at radius 3 is 3.18 bits per heavy atom. The summed E-state index contributed by atoms with van der Waals surface area (Å²) in [6, 6.07) is 0.438. The lowest BCUT2D eigenvalue weighted by molar-refractivity contribution is 0.0691. The van der Waals surface area contributed by atoms with Crippen LogP contribution in [0.5, 0.6) is 0 Å². The van der Waals surface area contributed by atoms with Gasteiger partial charge >= 0.3 is 5.97 Å². The number of carboxylic acid groups (broad SMARTS) is 1. The molecule has 2 unspecified atom stereocenters. The number of hydrogen-bond acceptors (Lipinski definition) is 5. The predicted octanol–water partition coefficient (Wildman–Crippen LogP) is 2.93. The maximum atomic E-state index is 10.7. The number of hydrogen-bond donors (Lipinski definition) is 2. The molecule has 0 radical (unpaired) electrons. The van der Waals surface area contributed by atoms with Crippen LogP contribution in [0.3, 0.4) is 0 Å². The third kappa shape index (κ3) is 3.13. The fourth-order valence-corrected chi connectivity index (χ4v) is 4.05. The second-order valence-electron chi connectivity index (χ2n) is 4.02. The molecule has 2 atom stereocenters. The Morgan fingerprint density at radius 2 is 2.53 bits per heavy atom. The Kier molecular flexibility index (Phi) is 4.28. The van der Waals surface area contributed by atoms with E-state index in [0.717, 1.165) is 17.3 Å². The van der Waals surface area contributed by atoms with Gasteiger partial charge in [-0.05, 0) is 18.6 Å². The molecule has 1 fully saturated rings. The minimum Gasteiger partial charge on any atom is -0.476 e. The minimum absolute atomic E-state index is 0.134. The molecule has 1 heterocycles. The third-order valence-corrected chi connectivity index (χ3v) is 4.96. The highest BCUT2D eigenvalue weighted by molar-refractivity contribution is 7.99. The van der Waals surface area contributed by atoms with Crippen molar-refractivity contribution in [2.45, 2.75) is 37.5 Å². The van der Waals surface area contributed by atoms with Gasteiger partial charge < -0.3 is 10.4 Å². The van der Waals surface area contributed by atoms with E-state index in [2.05, 4.69) is 17.2 Å². The number of carbonyl (C=O) groups is 1. The average Bonchev–Trinajstić information content (AvgIpc) is 2.90. The fourth-order valence-electron chi connectivity index (χ4n) is 2.10. The lowest BCUT2D eigenvalue weighted by Crippen LogP contribution is -2.26. The van der Waals surface area contributed by atoms with E-state index in [0.29, 0.717) is 11.3 Å². The van der Waals surface area contributed by atoms with Crippen molar-refractivity contribution in [1.82, 2.24) is 4.98 Å². The summed E-state index contributed by atoms with van der Waals surface area (Å²) >= 11 is 3.35. The molecule has 94 valence electrons. The molecular weight excluding hydrogens is 256 g/mol. The molecule has 2 rings (SSSR count). The van der Waals surface area contributed by atoms with Crippen molar-refractivity contribution < 1.29 is 9.90 Å². The number of nitrogens with one attached hydrogen (secondary N) is 1. The number of aromatic nitrogens is 1. The minimum atomic E-state index is -0.958. The number of carboxylic acids is 1. The van der Waals surface area contributed by atoms with Gasteiger partial charge in [0.15, 0.2) is 10.8 Å². The van der Waals surface area contributed by atoms with Crippen LogP contribution < -0.4 is 5.32 Å². The molecule has 4 nitrogen and oxygen atoms in total. The van der Waals surface area contributed by atoms with Gasteiger partial charge in [0.05, 0.1) is 0 Å². The van der Waals surface area contributed by atoms with E-state index >= 15 is 0 Å². The summed E-state index contributed by atoms with van der Waals surface area (Å²) in [6.45, 7) is 2.17. The first-order valence-electron chi connectivity index (χ1n) is 5.77. The topological polar surface area (TPSA) is 62.2 Å². The van der Waals surface area contributed by atoms with E-state index in [4.69, 9.17) is 5.11 Å². The molecule has 0 amide bonds. The molecule has 0 aromatic carbocycles. The Balaban J connectivity index is 1.97. The monoisotopic (exact) mass is 272 g/mol. The molecule has 1 aliphatic carbocycles. The summed E-state index contributed by atoms with van der Waals surface area (Å²) < 4.78 is 0. The summed E-state index contributed by atoms with van der Waals surface area (Å²) in [6.07, 6.45) is 3.64. The number of nitrogens with zero attached hydrogens (tertiary/aromatic N) is 1. The number of anilines is 1. The highest BCUT2D eigenvalue weighted by Gasteiger charge is 2.27. The predicted molar refractivity (Wildman–Crippen MR) is 72.3 cm³/mol. The summed E-state index contributed by atoms with van der Waals surface area (Å²) in [5.41, 5.74) is 0.134. The second kappa shape index (κ2) is 5.73. The average molecular weight is 272 g/mol. The van der Waals surface area contributed by atoms with Crippen LogP contribution in [0.4, 0.5) is 5.13 Å². The summed E-state index contributed by atoms with van der Waals surface area (Å²) in [5, 5.41) is 15.1. The van der Waals surface area contributed by atoms with Gasteiger partial charge in [-0.3, -0.25) is 0 Å². The van der Waals surface area contributed by atoms with Gasteiger partial charge in [-0.2, -0.15) is 11.8 Å². The van der Waals surface area contributed by atoms with Crippen molar-refractivity contribution in [3.05, 3.63) is 11.1 Å². The van der Waals surface area contributed by atoms with Gasteiger partial charge in [0.1, 0.15) is 0 Å². The highest BCUT2D eigenvalue weighted by Crippen LogP contribution is 2.32. The fraction of sp³-hybridized carbons (Fsp3) is 0.636. The normalized spacial score (nSPS) is 23.8. The molecule has 0 spiro atoms. The first-order valence-corrected chi connectivity index (χ1v) is 7.70. The van der Waals surface area contributed by atoms with Gasteiger partial charge in [0.25, 0.3) is 0 Å². The van der Waals surface area contributed by atoms with Crippen LogP contribution in [-0.4, -0.2) is 33.1 Å². The van der Waals surface area contributed by atoms with Crippen molar-refractivity contribution in [3.63, 3.8) is 0 Å². The molecular formula is C11H16N2O2S2. The van der Waals surface area contributed by atoms with Crippen LogP contribution >= 0.6 is 23.1 Å². The van der Waals surface area contributed by atoms with Crippen LogP contribution in [0.15, 0.2) is 5.38 Å². The van der Waals surface area contributed by atoms with E-state index in [1.54, 1.807) is 5.38 Å². The maximum absolute atomic E-state index is 10.7. The summed E-state index contributed by atoms with van der Waals surface area (Å²) in [7, 11) is 0. The highest BCUT2D eigenvalue weighted by atomic mass is 32.2. The third-order valence-electron chi connectivity index (χ3n) is 2.87. The second-order valence-corrected chi connectivity index (χ2v) is 6.39. The van der Waals surface area contributed by atoms with Gasteiger partial charge in [-0.25, -0.2) is 9.78 Å². The van der Waals surface area contributed by atoms with Crippen molar-refractivity contribution >= 4 is 34.2 Å². The van der Waals surface area contributed by atoms with E-state index in [1.165, 1.54) is 24.2 Å². The Morgan fingerprint density at radius 1 is 1.71 bits per heavy atom. The number of thioether (sulfide) groups is 1. The van der Waals surface area contributed by atoms with Gasteiger partial charge in [-0.15, -0.1) is 11.3 Å². The molecule has 1 aromatic heterocycles. The van der Waals surface area contributed by atoms with Crippen LogP contribution in [-0.2, 0) is 0 Å². The Hall–Kier alpha value is -0.750. The molecule has 0 saturated heterocycles. The number of aromatic carboxylic acids is 1. The smallest absolute Gasteiger partial charge is 0.355 e. The van der Waals surface area contributed by atoms with Crippen molar-refractivity contribution in [3.8, 4) is 0 Å². The van der Waals surface area contributed by atoms with Crippen molar-refractivity contribution in [2.24, 2.45) is 0 Å². The Bertz CT molecular complexity index is 395. The molecule has 2 N–H and O–H groups in total. The van der Waals surface area contributed by atoms with Crippen molar-refractivity contribution in [1.29, 1.82) is 0 Å². The molecule has 1 aliphatic rings. The molecule has 6 heteroatoms. The first kappa shape index (κ1) is 12.7. The van der Waals surface area contributed by atoms with Crippen molar-refractivity contribution in [2.75, 3.05) is 11.1 Å². The zero-order valence-electron chi connectivity index (χ0n) is 9.68. The van der Waals surface area contributed by atoms with Crippen LogP contribution in [0, 0.1) is 0 Å². The zero-order valence-corrected chi connectivity index (χ0v) is 11.3. The summed E-state index contributed by atoms with van der Waals surface area (Å²) in [5.74, 6) is 0.168. The number of thiazole rings is 1. The van der Waals surface area contributed by atoms with E-state index < -0.39 is 5.97 Å². The largest absolute Gasteiger partial charge is 0.476 e. The standard InChI is InChI=1S/C11H16N2O2S2/c1-2-16-9-5-3-4-7(9)12-11-13-8(6-17-11)10(14)15/h6-7,9H,2-5H2,1H3,(H,12,13)(H,14,15). The summed E-state index contributed by atoms with van der Waals surface area (Å²) in [4.78, 5) is 14.8. The quantitative estimate of drug-likeness (QED) is 0.863. The molecule has 0 bridgehead atoms. The molecule has 1 aromatic rings. The van der Waals surface area contributed by atoms with Crippen LogP contribution in [0.2, 0.25) is 0 Å². The maximum Gasteiger partial charge on any atom is 0.355 e. The zero-order chi connectivity index (χ0) is 12.3. The van der Waals surface area contributed by atoms with Gasteiger partial charge in [-0.1, -0.05) is 13.3 Å². The lowest BCUT2D eigenvalue weighted by atomic mass is 10.2. The number of rotatable bonds is 5. The molecule has 1 saturated carbocycles. The van der Waals surface area contributed by atoms with Gasteiger partial charge in [0.2, 0.25) is 0 Å². The van der Waals surface area contributed by atoms with Crippen LogP contribution in [0.25, 0.3) is 0 Å². The van der Waals surface area contributed by atoms with Crippen LogP contribution in [0.1, 0.15) is 36.7 Å². The first-order chi connectivity index (χ1) is 8.20. The molecule has 17 heavy (non-hydrogen) atoms. The van der Waals surface area contributed by atoms with E-state index in [-0.39, 0.29) is 5.69 Å². The molecule has 0 aliphatic heterocycles. The van der Waals surface area contributed by atoms with Gasteiger partial charge in [0, 0.05) is 16.7 Å².